The molecule has 6 heteroatoms. The van der Waals surface area contributed by atoms with E-state index in [1.54, 1.807) is 6.08 Å². The summed E-state index contributed by atoms with van der Waals surface area (Å²) in [5, 5.41) is 24.2. The Hall–Kier alpha value is -1.92. The van der Waals surface area contributed by atoms with E-state index in [-0.39, 0.29) is 17.5 Å². The molecule has 0 aromatic heterocycles. The second kappa shape index (κ2) is 6.49. The molecule has 0 saturated carbocycles. The number of piperazine rings is 1. The number of phenols is 1. The maximum atomic E-state index is 10.9. The van der Waals surface area contributed by atoms with Crippen molar-refractivity contribution in [1.29, 1.82) is 0 Å². The molecule has 0 aliphatic carbocycles. The fourth-order valence-corrected chi connectivity index (χ4v) is 2.55. The molecule has 2 rings (SSSR count). The normalized spacial score (nSPS) is 17.6. The van der Waals surface area contributed by atoms with Crippen molar-refractivity contribution in [3.05, 3.63) is 46.5 Å². The first kappa shape index (κ1) is 14.5. The second-order valence-corrected chi connectivity index (χ2v) is 4.83. The van der Waals surface area contributed by atoms with Crippen LogP contribution < -0.4 is 5.32 Å². The van der Waals surface area contributed by atoms with Crippen molar-refractivity contribution < 1.29 is 10.0 Å². The van der Waals surface area contributed by atoms with Gasteiger partial charge in [0.2, 0.25) is 0 Å². The summed E-state index contributed by atoms with van der Waals surface area (Å²) in [6, 6.07) is 4.10. The third-order valence-electron chi connectivity index (χ3n) is 3.56. The Morgan fingerprint density at radius 3 is 2.80 bits per heavy atom. The number of benzene rings is 1. The minimum atomic E-state index is -0.439. The van der Waals surface area contributed by atoms with Crippen LogP contribution in [0.1, 0.15) is 18.0 Å². The van der Waals surface area contributed by atoms with Crippen LogP contribution >= 0.6 is 0 Å². The number of aromatic hydroxyl groups is 1. The maximum Gasteiger partial charge on any atom is 0.270 e. The molecule has 1 aliphatic heterocycles. The Kier molecular flexibility index (Phi) is 4.70. The smallest absolute Gasteiger partial charge is 0.270 e. The van der Waals surface area contributed by atoms with Gasteiger partial charge in [0.1, 0.15) is 5.75 Å². The Balaban J connectivity index is 2.34. The monoisotopic (exact) mass is 277 g/mol. The van der Waals surface area contributed by atoms with Crippen molar-refractivity contribution in [2.45, 2.75) is 12.5 Å². The summed E-state index contributed by atoms with van der Waals surface area (Å²) >= 11 is 0. The van der Waals surface area contributed by atoms with Crippen LogP contribution in [0, 0.1) is 10.1 Å². The van der Waals surface area contributed by atoms with Gasteiger partial charge in [-0.05, 0) is 12.5 Å². The lowest BCUT2D eigenvalue weighted by molar-refractivity contribution is -0.385. The molecular formula is C14H19N3O3. The number of nitrogens with one attached hydrogen (secondary N) is 1. The van der Waals surface area contributed by atoms with E-state index >= 15 is 0 Å². The predicted molar refractivity (Wildman–Crippen MR) is 76.8 cm³/mol. The molecule has 0 radical (unpaired) electrons. The lowest BCUT2D eigenvalue weighted by atomic mass is 9.99. The molecule has 0 bridgehead atoms. The number of non-ortho nitro benzene ring substituents is 1. The topological polar surface area (TPSA) is 78.6 Å². The van der Waals surface area contributed by atoms with E-state index in [9.17, 15) is 15.2 Å². The van der Waals surface area contributed by atoms with Crippen molar-refractivity contribution >= 4 is 5.69 Å². The van der Waals surface area contributed by atoms with Crippen LogP contribution in [0.2, 0.25) is 0 Å². The fourth-order valence-electron chi connectivity index (χ4n) is 2.55. The number of hydrogen-bond acceptors (Lipinski definition) is 5. The highest BCUT2D eigenvalue weighted by atomic mass is 16.6. The summed E-state index contributed by atoms with van der Waals surface area (Å²) in [5.41, 5.74) is 0.600. The van der Waals surface area contributed by atoms with Crippen LogP contribution in [0.25, 0.3) is 0 Å². The average molecular weight is 277 g/mol. The number of nitrogens with zero attached hydrogens (tertiary/aromatic N) is 2. The number of nitro benzene ring substituents is 1. The van der Waals surface area contributed by atoms with Crippen molar-refractivity contribution in [3.8, 4) is 5.75 Å². The molecule has 1 atom stereocenters. The highest BCUT2D eigenvalue weighted by Crippen LogP contribution is 2.34. The van der Waals surface area contributed by atoms with Gasteiger partial charge in [0, 0.05) is 49.9 Å². The number of phenolic OH excluding ortho intramolecular Hbond substituents is 1. The van der Waals surface area contributed by atoms with Crippen LogP contribution in [0.3, 0.4) is 0 Å². The number of rotatable bonds is 5. The number of hydrogen-bond donors (Lipinski definition) is 2. The number of nitro groups is 1. The third kappa shape index (κ3) is 3.15. The standard InChI is InChI=1S/C14H19N3O3/c1-2-3-13(16-8-6-15-7-9-16)12-10-11(17(19)20)4-5-14(12)18/h2,4-5,10,13,15,18H,1,3,6-9H2/t13-/m1/s1. The summed E-state index contributed by atoms with van der Waals surface area (Å²) in [6.07, 6.45) is 2.43. The van der Waals surface area contributed by atoms with Crippen molar-refractivity contribution in [3.63, 3.8) is 0 Å². The molecule has 0 spiro atoms. The molecule has 1 fully saturated rings. The SMILES string of the molecule is C=CC[C@H](c1cc([N+](=O)[O-])ccc1O)N1CCNCC1. The van der Waals surface area contributed by atoms with Gasteiger partial charge in [-0.25, -0.2) is 0 Å². The molecule has 1 aromatic carbocycles. The quantitative estimate of drug-likeness (QED) is 0.487. The molecule has 1 aliphatic rings. The summed E-state index contributed by atoms with van der Waals surface area (Å²) in [7, 11) is 0. The van der Waals surface area contributed by atoms with E-state index in [1.165, 1.54) is 18.2 Å². The van der Waals surface area contributed by atoms with Gasteiger partial charge in [-0.15, -0.1) is 6.58 Å². The fraction of sp³-hybridized carbons (Fsp3) is 0.429. The zero-order valence-electron chi connectivity index (χ0n) is 11.3. The summed E-state index contributed by atoms with van der Waals surface area (Å²) in [4.78, 5) is 12.7. The Labute approximate surface area is 117 Å². The van der Waals surface area contributed by atoms with Crippen molar-refractivity contribution in [1.82, 2.24) is 10.2 Å². The van der Waals surface area contributed by atoms with Gasteiger partial charge >= 0.3 is 0 Å². The van der Waals surface area contributed by atoms with E-state index in [0.717, 1.165) is 26.2 Å². The highest BCUT2D eigenvalue weighted by Gasteiger charge is 2.25. The van der Waals surface area contributed by atoms with E-state index in [2.05, 4.69) is 16.8 Å². The minimum absolute atomic E-state index is 0.00185. The summed E-state index contributed by atoms with van der Waals surface area (Å²) < 4.78 is 0. The minimum Gasteiger partial charge on any atom is -0.508 e. The first-order valence-corrected chi connectivity index (χ1v) is 6.66. The van der Waals surface area contributed by atoms with Gasteiger partial charge in [-0.1, -0.05) is 6.08 Å². The van der Waals surface area contributed by atoms with Crippen LogP contribution in [0.15, 0.2) is 30.9 Å². The largest absolute Gasteiger partial charge is 0.508 e. The first-order chi connectivity index (χ1) is 9.63. The Morgan fingerprint density at radius 1 is 1.50 bits per heavy atom. The van der Waals surface area contributed by atoms with Crippen LogP contribution in [0.5, 0.6) is 5.75 Å². The molecule has 108 valence electrons. The van der Waals surface area contributed by atoms with Gasteiger partial charge in [0.05, 0.1) is 4.92 Å². The molecule has 20 heavy (non-hydrogen) atoms. The molecular weight excluding hydrogens is 258 g/mol. The molecule has 1 saturated heterocycles. The van der Waals surface area contributed by atoms with E-state index in [4.69, 9.17) is 0 Å². The highest BCUT2D eigenvalue weighted by molar-refractivity contribution is 5.45. The van der Waals surface area contributed by atoms with Gasteiger partial charge in [0.25, 0.3) is 5.69 Å². The van der Waals surface area contributed by atoms with Crippen molar-refractivity contribution in [2.24, 2.45) is 0 Å². The lowest BCUT2D eigenvalue weighted by Crippen LogP contribution is -2.45. The Bertz CT molecular complexity index is 498. The van der Waals surface area contributed by atoms with E-state index in [0.29, 0.717) is 12.0 Å². The zero-order chi connectivity index (χ0) is 14.5. The van der Waals surface area contributed by atoms with E-state index in [1.807, 2.05) is 0 Å². The van der Waals surface area contributed by atoms with E-state index < -0.39 is 4.92 Å². The molecule has 0 amide bonds. The summed E-state index contributed by atoms with van der Waals surface area (Å²) in [6.45, 7) is 7.20. The zero-order valence-corrected chi connectivity index (χ0v) is 11.3. The second-order valence-electron chi connectivity index (χ2n) is 4.83. The van der Waals surface area contributed by atoms with Gasteiger partial charge in [-0.2, -0.15) is 0 Å². The summed E-state index contributed by atoms with van der Waals surface area (Å²) in [5.74, 6) is 0.0981. The Morgan fingerprint density at radius 2 is 2.20 bits per heavy atom. The van der Waals surface area contributed by atoms with Gasteiger partial charge < -0.3 is 10.4 Å². The lowest BCUT2D eigenvalue weighted by Gasteiger charge is -2.34. The molecule has 1 aromatic rings. The van der Waals surface area contributed by atoms with Crippen molar-refractivity contribution in [2.75, 3.05) is 26.2 Å². The average Bonchev–Trinajstić information content (AvgIpc) is 2.46. The van der Waals surface area contributed by atoms with Gasteiger partial charge in [-0.3, -0.25) is 15.0 Å². The first-order valence-electron chi connectivity index (χ1n) is 6.66. The maximum absolute atomic E-state index is 10.9. The van der Waals surface area contributed by atoms with Crippen LogP contribution in [0.4, 0.5) is 5.69 Å². The van der Waals surface area contributed by atoms with Crippen LogP contribution in [-0.2, 0) is 0 Å². The molecule has 0 unspecified atom stereocenters. The van der Waals surface area contributed by atoms with Crippen LogP contribution in [-0.4, -0.2) is 41.1 Å². The molecule has 1 heterocycles. The molecule has 2 N–H and O–H groups in total. The molecule has 6 nitrogen and oxygen atoms in total. The third-order valence-corrected chi connectivity index (χ3v) is 3.56. The predicted octanol–water partition coefficient (Wildman–Crippen LogP) is 1.82. The van der Waals surface area contributed by atoms with Gasteiger partial charge in [0.15, 0.2) is 0 Å².